The molecule has 0 bridgehead atoms. The van der Waals surface area contributed by atoms with Gasteiger partial charge in [-0.05, 0) is 30.3 Å². The maximum Gasteiger partial charge on any atom is 0.243 e. The van der Waals surface area contributed by atoms with E-state index in [0.29, 0.717) is 0 Å². The van der Waals surface area contributed by atoms with E-state index < -0.39 is 21.7 Å². The maximum atomic E-state index is 13.8. The zero-order valence-electron chi connectivity index (χ0n) is 14.9. The van der Waals surface area contributed by atoms with Crippen molar-refractivity contribution in [3.8, 4) is 5.75 Å². The lowest BCUT2D eigenvalue weighted by molar-refractivity contribution is -0.115. The molecule has 0 fully saturated rings. The molecule has 1 amide bonds. The van der Waals surface area contributed by atoms with Crippen molar-refractivity contribution in [2.45, 2.75) is 25.2 Å². The van der Waals surface area contributed by atoms with E-state index in [0.717, 1.165) is 0 Å². The molecule has 9 heteroatoms. The number of carbonyl (C=O) groups excluding carboxylic acids is 1. The van der Waals surface area contributed by atoms with Crippen molar-refractivity contribution in [1.82, 2.24) is 4.31 Å². The van der Waals surface area contributed by atoms with E-state index in [1.807, 2.05) is 0 Å². The second-order valence-corrected chi connectivity index (χ2v) is 8.04. The summed E-state index contributed by atoms with van der Waals surface area (Å²) in [6.45, 7) is 3.99. The number of carbonyl (C=O) groups is 1. The molecule has 0 saturated carbocycles. The zero-order valence-corrected chi connectivity index (χ0v) is 16.4. The van der Waals surface area contributed by atoms with Crippen molar-refractivity contribution in [2.24, 2.45) is 0 Å². The third-order valence-corrected chi connectivity index (χ3v) is 6.38. The van der Waals surface area contributed by atoms with Gasteiger partial charge in [-0.15, -0.1) is 0 Å². The van der Waals surface area contributed by atoms with Crippen LogP contribution >= 0.6 is 11.6 Å². The highest BCUT2D eigenvalue weighted by atomic mass is 35.5. The third kappa shape index (κ3) is 4.77. The van der Waals surface area contributed by atoms with Crippen LogP contribution in [-0.2, 0) is 21.2 Å². The Kier molecular flexibility index (Phi) is 6.80. The summed E-state index contributed by atoms with van der Waals surface area (Å²) in [6.07, 6.45) is -0.363. The van der Waals surface area contributed by atoms with Crippen molar-refractivity contribution in [3.05, 3.63) is 52.8 Å². The number of rotatable bonds is 7. The molecule has 0 heterocycles. The minimum atomic E-state index is -3.76. The van der Waals surface area contributed by atoms with Crippen molar-refractivity contribution in [1.29, 1.82) is 0 Å². The maximum absolute atomic E-state index is 13.8. The fourth-order valence-electron chi connectivity index (χ4n) is 2.54. The minimum absolute atomic E-state index is 0.0167. The third-order valence-electron chi connectivity index (χ3n) is 3.98. The van der Waals surface area contributed by atoms with Gasteiger partial charge < -0.3 is 10.4 Å². The molecular formula is C18H20ClFN2O4S. The predicted molar refractivity (Wildman–Crippen MR) is 102 cm³/mol. The van der Waals surface area contributed by atoms with Gasteiger partial charge in [0.2, 0.25) is 15.9 Å². The van der Waals surface area contributed by atoms with E-state index in [1.165, 1.54) is 40.7 Å². The van der Waals surface area contributed by atoms with E-state index in [4.69, 9.17) is 11.6 Å². The molecule has 6 nitrogen and oxygen atoms in total. The Hall–Kier alpha value is -2.16. The lowest BCUT2D eigenvalue weighted by Gasteiger charge is -2.19. The molecule has 0 atom stereocenters. The Labute approximate surface area is 162 Å². The molecular weight excluding hydrogens is 395 g/mol. The number of benzene rings is 2. The fraction of sp³-hybridized carbons (Fsp3) is 0.278. The normalized spacial score (nSPS) is 11.6. The highest BCUT2D eigenvalue weighted by Gasteiger charge is 2.23. The van der Waals surface area contributed by atoms with Gasteiger partial charge in [-0.1, -0.05) is 31.5 Å². The first kappa shape index (κ1) is 21.1. The number of aromatic hydroxyl groups is 1. The van der Waals surface area contributed by atoms with Crippen LogP contribution in [0.25, 0.3) is 0 Å². The van der Waals surface area contributed by atoms with Crippen LogP contribution in [-0.4, -0.2) is 36.8 Å². The van der Waals surface area contributed by atoms with Crippen LogP contribution in [0.2, 0.25) is 5.02 Å². The lowest BCUT2D eigenvalue weighted by atomic mass is 10.1. The number of hydrogen-bond donors (Lipinski definition) is 2. The second kappa shape index (κ2) is 8.69. The second-order valence-electron chi connectivity index (χ2n) is 5.69. The molecule has 27 heavy (non-hydrogen) atoms. The van der Waals surface area contributed by atoms with Crippen LogP contribution in [0.4, 0.5) is 10.1 Å². The summed E-state index contributed by atoms with van der Waals surface area (Å²) in [6, 6.07) is 7.68. The average Bonchev–Trinajstić information content (AvgIpc) is 2.61. The van der Waals surface area contributed by atoms with Crippen LogP contribution in [0.1, 0.15) is 19.4 Å². The smallest absolute Gasteiger partial charge is 0.243 e. The molecule has 0 saturated heterocycles. The molecule has 2 aromatic carbocycles. The fourth-order valence-corrected chi connectivity index (χ4v) is 4.26. The lowest BCUT2D eigenvalue weighted by Crippen LogP contribution is -2.30. The predicted octanol–water partition coefficient (Wildman–Crippen LogP) is 3.40. The molecule has 2 N–H and O–H groups in total. The molecule has 0 aliphatic rings. The molecule has 0 aliphatic heterocycles. The largest absolute Gasteiger partial charge is 0.506 e. The number of nitrogens with one attached hydrogen (secondary N) is 1. The summed E-state index contributed by atoms with van der Waals surface area (Å²) >= 11 is 5.91. The zero-order chi connectivity index (χ0) is 20.2. The Morgan fingerprint density at radius 2 is 1.89 bits per heavy atom. The highest BCUT2D eigenvalue weighted by Crippen LogP contribution is 2.28. The van der Waals surface area contributed by atoms with Crippen molar-refractivity contribution in [2.75, 3.05) is 18.4 Å². The van der Waals surface area contributed by atoms with E-state index >= 15 is 0 Å². The summed E-state index contributed by atoms with van der Waals surface area (Å²) < 4.78 is 40.2. The number of halogens is 2. The van der Waals surface area contributed by atoms with E-state index in [9.17, 15) is 22.7 Å². The van der Waals surface area contributed by atoms with Gasteiger partial charge in [0.1, 0.15) is 11.6 Å². The van der Waals surface area contributed by atoms with E-state index in [1.54, 1.807) is 13.8 Å². The van der Waals surface area contributed by atoms with Crippen molar-refractivity contribution >= 4 is 33.2 Å². The summed E-state index contributed by atoms with van der Waals surface area (Å²) in [4.78, 5) is 12.2. The average molecular weight is 415 g/mol. The van der Waals surface area contributed by atoms with Gasteiger partial charge in [0.15, 0.2) is 0 Å². The van der Waals surface area contributed by atoms with E-state index in [-0.39, 0.29) is 46.4 Å². The summed E-state index contributed by atoms with van der Waals surface area (Å²) in [5.41, 5.74) is -0.0660. The first-order valence-electron chi connectivity index (χ1n) is 8.26. The number of nitrogens with zero attached hydrogens (tertiary/aromatic N) is 1. The van der Waals surface area contributed by atoms with Crippen LogP contribution in [0.15, 0.2) is 41.3 Å². The molecule has 0 aliphatic carbocycles. The van der Waals surface area contributed by atoms with Gasteiger partial charge >= 0.3 is 0 Å². The summed E-state index contributed by atoms with van der Waals surface area (Å²) in [5, 5.41) is 12.5. The van der Waals surface area contributed by atoms with Crippen LogP contribution < -0.4 is 5.32 Å². The van der Waals surface area contributed by atoms with Crippen molar-refractivity contribution < 1.29 is 22.7 Å². The minimum Gasteiger partial charge on any atom is -0.506 e. The molecule has 0 unspecified atom stereocenters. The molecule has 146 valence electrons. The topological polar surface area (TPSA) is 86.7 Å². The number of phenolic OH excluding ortho intramolecular Hbond substituents is 1. The monoisotopic (exact) mass is 414 g/mol. The van der Waals surface area contributed by atoms with Crippen LogP contribution in [0, 0.1) is 5.82 Å². The van der Waals surface area contributed by atoms with Gasteiger partial charge in [0.05, 0.1) is 17.0 Å². The van der Waals surface area contributed by atoms with Crippen LogP contribution in [0.5, 0.6) is 5.75 Å². The standard InChI is InChI=1S/C18H20ClFN2O4S/c1-3-22(4-2)27(25,26)12-8-9-17(23)16(10-12)21-18(24)11-13-14(19)6-5-7-15(13)20/h5-10,23H,3-4,11H2,1-2H3,(H,21,24). The molecule has 2 aromatic rings. The van der Waals surface area contributed by atoms with E-state index in [2.05, 4.69) is 5.32 Å². The Morgan fingerprint density at radius 1 is 1.22 bits per heavy atom. The van der Waals surface area contributed by atoms with Gasteiger partial charge in [-0.3, -0.25) is 4.79 Å². The molecule has 0 radical (unpaired) electrons. The van der Waals surface area contributed by atoms with Gasteiger partial charge in [0, 0.05) is 23.7 Å². The molecule has 2 rings (SSSR count). The molecule has 0 aromatic heterocycles. The number of sulfonamides is 1. The first-order valence-corrected chi connectivity index (χ1v) is 10.1. The number of amides is 1. The first-order chi connectivity index (χ1) is 12.7. The van der Waals surface area contributed by atoms with Gasteiger partial charge in [-0.25, -0.2) is 12.8 Å². The van der Waals surface area contributed by atoms with Crippen molar-refractivity contribution in [3.63, 3.8) is 0 Å². The van der Waals surface area contributed by atoms with Gasteiger partial charge in [-0.2, -0.15) is 4.31 Å². The number of hydrogen-bond acceptors (Lipinski definition) is 4. The Bertz CT molecular complexity index is 926. The Balaban J connectivity index is 2.28. The highest BCUT2D eigenvalue weighted by molar-refractivity contribution is 7.89. The number of anilines is 1. The quantitative estimate of drug-likeness (QED) is 0.680. The van der Waals surface area contributed by atoms with Gasteiger partial charge in [0.25, 0.3) is 0 Å². The van der Waals surface area contributed by atoms with Crippen LogP contribution in [0.3, 0.4) is 0 Å². The summed E-state index contributed by atoms with van der Waals surface area (Å²) in [7, 11) is -3.76. The summed E-state index contributed by atoms with van der Waals surface area (Å²) in [5.74, 6) is -1.57. The number of phenols is 1. The molecule has 0 spiro atoms. The Morgan fingerprint density at radius 3 is 2.48 bits per heavy atom. The SMILES string of the molecule is CCN(CC)S(=O)(=O)c1ccc(O)c(NC(=O)Cc2c(F)cccc2Cl)c1.